The molecule has 1 aliphatic carbocycles. The predicted octanol–water partition coefficient (Wildman–Crippen LogP) is 1.26. The van der Waals surface area contributed by atoms with Gasteiger partial charge >= 0.3 is 0 Å². The Hall–Kier alpha value is -1.60. The molecule has 0 saturated heterocycles. The molecular formula is C14H20N2O4S. The van der Waals surface area contributed by atoms with Gasteiger partial charge in [-0.1, -0.05) is 6.92 Å². The molecular weight excluding hydrogens is 292 g/mol. The van der Waals surface area contributed by atoms with Crippen molar-refractivity contribution in [2.24, 2.45) is 11.1 Å². The highest BCUT2D eigenvalue weighted by Crippen LogP contribution is 2.30. The molecule has 21 heavy (non-hydrogen) atoms. The Morgan fingerprint density at radius 2 is 2.05 bits per heavy atom. The summed E-state index contributed by atoms with van der Waals surface area (Å²) in [5, 5.41) is 8.04. The fourth-order valence-electron chi connectivity index (χ4n) is 2.00. The molecule has 1 amide bonds. The monoisotopic (exact) mass is 312 g/mol. The van der Waals surface area contributed by atoms with E-state index < -0.39 is 10.0 Å². The molecule has 0 heterocycles. The molecule has 0 bridgehead atoms. The average molecular weight is 312 g/mol. The Morgan fingerprint density at radius 3 is 2.52 bits per heavy atom. The van der Waals surface area contributed by atoms with E-state index in [-0.39, 0.29) is 34.3 Å². The zero-order chi connectivity index (χ0) is 15.8. The van der Waals surface area contributed by atoms with Gasteiger partial charge in [0.2, 0.25) is 10.0 Å². The van der Waals surface area contributed by atoms with Gasteiger partial charge in [0.1, 0.15) is 10.6 Å². The molecule has 0 spiro atoms. The highest BCUT2D eigenvalue weighted by Gasteiger charge is 2.34. The lowest BCUT2D eigenvalue weighted by Crippen LogP contribution is -2.27. The minimum atomic E-state index is -3.96. The van der Waals surface area contributed by atoms with Crippen LogP contribution in [0.1, 0.15) is 37.6 Å². The van der Waals surface area contributed by atoms with Crippen molar-refractivity contribution in [3.8, 4) is 5.75 Å². The summed E-state index contributed by atoms with van der Waals surface area (Å²) in [7, 11) is -3.96. The van der Waals surface area contributed by atoms with Crippen LogP contribution in [-0.2, 0) is 10.0 Å². The molecule has 1 aromatic rings. The zero-order valence-corrected chi connectivity index (χ0v) is 13.1. The highest BCUT2D eigenvalue weighted by molar-refractivity contribution is 7.89. The third-order valence-corrected chi connectivity index (χ3v) is 4.23. The number of nitrogens with one attached hydrogen (secondary N) is 1. The Bertz CT molecular complexity index is 655. The molecule has 1 fully saturated rings. The number of benzene rings is 1. The van der Waals surface area contributed by atoms with Gasteiger partial charge in [0, 0.05) is 11.6 Å². The van der Waals surface area contributed by atoms with Crippen molar-refractivity contribution in [1.29, 1.82) is 0 Å². The van der Waals surface area contributed by atoms with Crippen molar-refractivity contribution in [2.75, 3.05) is 0 Å². The number of amides is 1. The van der Waals surface area contributed by atoms with Gasteiger partial charge in [-0.25, -0.2) is 13.6 Å². The number of primary sulfonamides is 1. The fourth-order valence-corrected chi connectivity index (χ4v) is 2.69. The van der Waals surface area contributed by atoms with E-state index in [1.165, 1.54) is 18.2 Å². The first-order chi connectivity index (χ1) is 9.68. The summed E-state index contributed by atoms with van der Waals surface area (Å²) in [6, 6.07) is 4.43. The average Bonchev–Trinajstić information content (AvgIpc) is 3.03. The number of carbonyl (C=O) groups excluding carboxylic acids is 1. The normalized spacial score (nSPS) is 21.2. The second kappa shape index (κ2) is 5.65. The highest BCUT2D eigenvalue weighted by atomic mass is 32.2. The van der Waals surface area contributed by atoms with E-state index in [0.717, 1.165) is 6.42 Å². The Morgan fingerprint density at radius 1 is 1.43 bits per heavy atom. The summed E-state index contributed by atoms with van der Waals surface area (Å²) < 4.78 is 28.8. The van der Waals surface area contributed by atoms with Crippen LogP contribution in [0.3, 0.4) is 0 Å². The number of carbonyl (C=O) groups is 1. The van der Waals surface area contributed by atoms with E-state index in [1.54, 1.807) is 13.8 Å². The minimum Gasteiger partial charge on any atom is -0.490 e. The number of nitrogens with two attached hydrogens (primary N) is 1. The maximum absolute atomic E-state index is 12.1. The number of ether oxygens (including phenoxy) is 1. The molecule has 2 atom stereocenters. The molecule has 116 valence electrons. The van der Waals surface area contributed by atoms with E-state index >= 15 is 0 Å². The van der Waals surface area contributed by atoms with Gasteiger partial charge in [-0.15, -0.1) is 0 Å². The molecule has 1 aliphatic rings. The molecule has 7 heteroatoms. The maximum Gasteiger partial charge on any atom is 0.251 e. The Balaban J connectivity index is 2.30. The van der Waals surface area contributed by atoms with Crippen molar-refractivity contribution >= 4 is 15.9 Å². The molecule has 2 unspecified atom stereocenters. The van der Waals surface area contributed by atoms with Crippen LogP contribution in [-0.4, -0.2) is 26.5 Å². The Kier molecular flexibility index (Phi) is 4.25. The first-order valence-corrected chi connectivity index (χ1v) is 8.37. The zero-order valence-electron chi connectivity index (χ0n) is 12.3. The lowest BCUT2D eigenvalue weighted by Gasteiger charge is -2.14. The van der Waals surface area contributed by atoms with Crippen molar-refractivity contribution < 1.29 is 17.9 Å². The van der Waals surface area contributed by atoms with Crippen LogP contribution >= 0.6 is 0 Å². The molecule has 1 saturated carbocycles. The first-order valence-electron chi connectivity index (χ1n) is 6.83. The van der Waals surface area contributed by atoms with Crippen LogP contribution in [0.2, 0.25) is 0 Å². The summed E-state index contributed by atoms with van der Waals surface area (Å²) in [6.45, 7) is 5.60. The van der Waals surface area contributed by atoms with Crippen LogP contribution < -0.4 is 15.2 Å². The summed E-state index contributed by atoms with van der Waals surface area (Å²) in [4.78, 5) is 11.9. The lowest BCUT2D eigenvalue weighted by atomic mass is 10.2. The van der Waals surface area contributed by atoms with E-state index in [4.69, 9.17) is 9.88 Å². The molecule has 0 aliphatic heterocycles. The minimum absolute atomic E-state index is 0.156. The predicted molar refractivity (Wildman–Crippen MR) is 78.6 cm³/mol. The topological polar surface area (TPSA) is 98.5 Å². The van der Waals surface area contributed by atoms with Gasteiger partial charge in [0.05, 0.1) is 6.10 Å². The maximum atomic E-state index is 12.1. The molecule has 0 aromatic heterocycles. The molecule has 1 aromatic carbocycles. The number of hydrogen-bond donors (Lipinski definition) is 2. The largest absolute Gasteiger partial charge is 0.490 e. The van der Waals surface area contributed by atoms with Gasteiger partial charge < -0.3 is 10.1 Å². The van der Waals surface area contributed by atoms with Crippen molar-refractivity contribution in [2.45, 2.75) is 44.2 Å². The third kappa shape index (κ3) is 3.95. The van der Waals surface area contributed by atoms with Crippen LogP contribution in [0.4, 0.5) is 0 Å². The Labute approximate surface area is 124 Å². The van der Waals surface area contributed by atoms with E-state index in [0.29, 0.717) is 5.92 Å². The molecule has 6 nitrogen and oxygen atoms in total. The fraction of sp³-hybridized carbons (Fsp3) is 0.500. The molecule has 2 rings (SSSR count). The van der Waals surface area contributed by atoms with Crippen LogP contribution in [0.5, 0.6) is 5.75 Å². The van der Waals surface area contributed by atoms with Gasteiger partial charge in [-0.05, 0) is 44.4 Å². The summed E-state index contributed by atoms with van der Waals surface area (Å²) in [5.74, 6) is 0.324. The van der Waals surface area contributed by atoms with Gasteiger partial charge in [-0.3, -0.25) is 4.79 Å². The second-order valence-corrected chi connectivity index (χ2v) is 7.20. The van der Waals surface area contributed by atoms with Crippen molar-refractivity contribution in [1.82, 2.24) is 5.32 Å². The summed E-state index contributed by atoms with van der Waals surface area (Å²) >= 11 is 0. The first kappa shape index (κ1) is 15.8. The number of hydrogen-bond acceptors (Lipinski definition) is 4. The van der Waals surface area contributed by atoms with Crippen molar-refractivity contribution in [3.05, 3.63) is 23.8 Å². The summed E-state index contributed by atoms with van der Waals surface area (Å²) in [6.07, 6.45) is 0.750. The van der Waals surface area contributed by atoms with E-state index in [1.807, 2.05) is 6.92 Å². The SMILES string of the molecule is CC(C)Oc1ccc(C(=O)NC2CC2C)cc1S(N)(=O)=O. The third-order valence-electron chi connectivity index (χ3n) is 3.30. The van der Waals surface area contributed by atoms with Gasteiger partial charge in [0.25, 0.3) is 5.91 Å². The second-order valence-electron chi connectivity index (χ2n) is 5.67. The molecule has 3 N–H and O–H groups in total. The van der Waals surface area contributed by atoms with Gasteiger partial charge in [-0.2, -0.15) is 0 Å². The number of rotatable bonds is 5. The molecule has 0 radical (unpaired) electrons. The van der Waals surface area contributed by atoms with Gasteiger partial charge in [0.15, 0.2) is 0 Å². The van der Waals surface area contributed by atoms with Crippen molar-refractivity contribution in [3.63, 3.8) is 0 Å². The smallest absolute Gasteiger partial charge is 0.251 e. The van der Waals surface area contributed by atoms with E-state index in [9.17, 15) is 13.2 Å². The standard InChI is InChI=1S/C14H20N2O4S/c1-8(2)20-12-5-4-10(7-13(12)21(15,18)19)14(17)16-11-6-9(11)3/h4-5,7-9,11H,6H2,1-3H3,(H,16,17)(H2,15,18,19). The van der Waals surface area contributed by atoms with Crippen LogP contribution in [0, 0.1) is 5.92 Å². The number of sulfonamides is 1. The lowest BCUT2D eigenvalue weighted by molar-refractivity contribution is 0.0949. The van der Waals surface area contributed by atoms with Crippen LogP contribution in [0.15, 0.2) is 23.1 Å². The van der Waals surface area contributed by atoms with Crippen LogP contribution in [0.25, 0.3) is 0 Å². The quantitative estimate of drug-likeness (QED) is 0.855. The summed E-state index contributed by atoms with van der Waals surface area (Å²) in [5.41, 5.74) is 0.259. The van der Waals surface area contributed by atoms with E-state index in [2.05, 4.69) is 5.32 Å².